The second-order valence-electron chi connectivity index (χ2n) is 2.15. The van der Waals surface area contributed by atoms with Crippen LogP contribution in [0, 0.1) is 5.82 Å². The molecule has 0 aliphatic carbocycles. The summed E-state index contributed by atoms with van der Waals surface area (Å²) < 4.78 is 50.8. The Morgan fingerprint density at radius 1 is 1.15 bits per heavy atom. The third-order valence-corrected chi connectivity index (χ3v) is 1.29. The summed E-state index contributed by atoms with van der Waals surface area (Å²) in [6, 6.07) is 2.35. The maximum absolute atomic E-state index is 12.5. The van der Waals surface area contributed by atoms with E-state index in [0.29, 0.717) is 6.07 Å². The van der Waals surface area contributed by atoms with Crippen molar-refractivity contribution in [1.82, 2.24) is 0 Å². The van der Waals surface area contributed by atoms with Crippen LogP contribution in [0.5, 0.6) is 5.75 Å². The maximum atomic E-state index is 12.5. The zero-order valence-corrected chi connectivity index (χ0v) is 6.79. The molecule has 1 nitrogen and oxygen atoms in total. The van der Waals surface area contributed by atoms with Crippen molar-refractivity contribution in [2.45, 2.75) is 6.36 Å². The van der Waals surface area contributed by atoms with Crippen LogP contribution in [0.25, 0.3) is 0 Å². The van der Waals surface area contributed by atoms with Gasteiger partial charge in [0.1, 0.15) is 11.6 Å². The van der Waals surface area contributed by atoms with E-state index in [1.54, 1.807) is 0 Å². The molecule has 1 rings (SSSR count). The lowest BCUT2D eigenvalue weighted by atomic mass is 10.3. The number of alkyl halides is 3. The van der Waals surface area contributed by atoms with Gasteiger partial charge in [-0.05, 0) is 12.1 Å². The van der Waals surface area contributed by atoms with Gasteiger partial charge in [0.2, 0.25) is 0 Å². The molecule has 72 valence electrons. The Balaban J connectivity index is 2.90. The van der Waals surface area contributed by atoms with Crippen molar-refractivity contribution in [1.29, 1.82) is 0 Å². The molecule has 0 bridgehead atoms. The van der Waals surface area contributed by atoms with Gasteiger partial charge in [-0.25, -0.2) is 4.39 Å². The molecule has 0 aliphatic heterocycles. The molecule has 0 amide bonds. The van der Waals surface area contributed by atoms with Crippen LogP contribution in [0.3, 0.4) is 0 Å². The van der Waals surface area contributed by atoms with Crippen molar-refractivity contribution >= 4 is 11.6 Å². The number of hydrogen-bond donors (Lipinski definition) is 0. The summed E-state index contributed by atoms with van der Waals surface area (Å²) in [7, 11) is 0. The van der Waals surface area contributed by atoms with Gasteiger partial charge in [0.25, 0.3) is 0 Å². The van der Waals surface area contributed by atoms with Crippen LogP contribution in [-0.4, -0.2) is 6.36 Å². The molecule has 1 aromatic rings. The Morgan fingerprint density at radius 2 is 1.77 bits per heavy atom. The molecular weight excluding hydrogens is 212 g/mol. The summed E-state index contributed by atoms with van der Waals surface area (Å²) >= 11 is 5.29. The molecule has 0 fully saturated rings. The summed E-state index contributed by atoms with van der Waals surface area (Å²) in [4.78, 5) is 0. The van der Waals surface area contributed by atoms with Gasteiger partial charge in [-0.2, -0.15) is 0 Å². The van der Waals surface area contributed by atoms with Crippen LogP contribution in [0.4, 0.5) is 17.6 Å². The van der Waals surface area contributed by atoms with Gasteiger partial charge in [-0.15, -0.1) is 13.2 Å². The highest BCUT2D eigenvalue weighted by atomic mass is 35.5. The molecule has 0 unspecified atom stereocenters. The minimum Gasteiger partial charge on any atom is -0.406 e. The molecule has 0 N–H and O–H groups in total. The summed E-state index contributed by atoms with van der Waals surface area (Å²) in [5, 5.41) is -0.153. The van der Waals surface area contributed by atoms with Crippen LogP contribution in [0.15, 0.2) is 18.2 Å². The maximum Gasteiger partial charge on any atom is 0.573 e. The Labute approximate surface area is 75.9 Å². The summed E-state index contributed by atoms with van der Waals surface area (Å²) in [6.07, 6.45) is -4.84. The van der Waals surface area contributed by atoms with E-state index in [-0.39, 0.29) is 5.02 Å². The van der Waals surface area contributed by atoms with E-state index in [1.807, 2.05) is 0 Å². The zero-order valence-electron chi connectivity index (χ0n) is 6.03. The average molecular weight is 215 g/mol. The van der Waals surface area contributed by atoms with E-state index in [9.17, 15) is 17.6 Å². The van der Waals surface area contributed by atoms with Gasteiger partial charge in [0.05, 0.1) is 0 Å². The van der Waals surface area contributed by atoms with Crippen LogP contribution in [-0.2, 0) is 0 Å². The van der Waals surface area contributed by atoms with E-state index >= 15 is 0 Å². The molecule has 0 aliphatic rings. The van der Waals surface area contributed by atoms with E-state index in [1.165, 1.54) is 0 Å². The summed E-state index contributed by atoms with van der Waals surface area (Å²) in [5.41, 5.74) is 0. The monoisotopic (exact) mass is 214 g/mol. The largest absolute Gasteiger partial charge is 0.573 e. The molecule has 0 saturated carbocycles. The lowest BCUT2D eigenvalue weighted by molar-refractivity contribution is -0.274. The lowest BCUT2D eigenvalue weighted by Gasteiger charge is -2.08. The van der Waals surface area contributed by atoms with E-state index in [0.717, 1.165) is 12.1 Å². The summed E-state index contributed by atoms with van der Waals surface area (Å²) in [6.45, 7) is 0. The highest BCUT2D eigenvalue weighted by Crippen LogP contribution is 2.26. The first-order valence-electron chi connectivity index (χ1n) is 3.09. The number of rotatable bonds is 1. The predicted molar refractivity (Wildman–Crippen MR) is 38.1 cm³/mol. The van der Waals surface area contributed by atoms with Gasteiger partial charge in [0, 0.05) is 11.1 Å². The zero-order chi connectivity index (χ0) is 10.1. The fraction of sp³-hybridized carbons (Fsp3) is 0.143. The standard InChI is InChI=1S/C7H3ClF4O/c8-4-1-5(9)3-6(2-4)13-7(10,11)12/h1-3H. The molecule has 0 radical (unpaired) electrons. The molecule has 0 heterocycles. The average Bonchev–Trinajstić information content (AvgIpc) is 1.78. The van der Waals surface area contributed by atoms with Crippen LogP contribution in [0.1, 0.15) is 0 Å². The molecule has 6 heteroatoms. The number of hydrogen-bond acceptors (Lipinski definition) is 1. The lowest BCUT2D eigenvalue weighted by Crippen LogP contribution is -2.17. The summed E-state index contributed by atoms with van der Waals surface area (Å²) in [5.74, 6) is -1.55. The predicted octanol–water partition coefficient (Wildman–Crippen LogP) is 3.38. The number of halogens is 5. The Morgan fingerprint density at radius 3 is 2.23 bits per heavy atom. The third-order valence-electron chi connectivity index (χ3n) is 1.07. The second kappa shape index (κ2) is 3.41. The molecular formula is C7H3ClF4O. The van der Waals surface area contributed by atoms with Crippen LogP contribution in [0.2, 0.25) is 5.02 Å². The van der Waals surface area contributed by atoms with Gasteiger partial charge < -0.3 is 4.74 Å². The van der Waals surface area contributed by atoms with Crippen molar-refractivity contribution in [3.05, 3.63) is 29.0 Å². The Hall–Kier alpha value is -0.970. The fourth-order valence-corrected chi connectivity index (χ4v) is 0.933. The minimum atomic E-state index is -4.84. The second-order valence-corrected chi connectivity index (χ2v) is 2.59. The van der Waals surface area contributed by atoms with E-state index in [2.05, 4.69) is 4.74 Å². The normalized spacial score (nSPS) is 11.5. The van der Waals surface area contributed by atoms with E-state index in [4.69, 9.17) is 11.6 Å². The fourth-order valence-electron chi connectivity index (χ4n) is 0.721. The van der Waals surface area contributed by atoms with Gasteiger partial charge in [0.15, 0.2) is 0 Å². The van der Waals surface area contributed by atoms with Crippen molar-refractivity contribution in [2.75, 3.05) is 0 Å². The van der Waals surface area contributed by atoms with Crippen LogP contribution < -0.4 is 4.74 Å². The van der Waals surface area contributed by atoms with Crippen molar-refractivity contribution < 1.29 is 22.3 Å². The first kappa shape index (κ1) is 10.1. The van der Waals surface area contributed by atoms with Crippen molar-refractivity contribution in [2.24, 2.45) is 0 Å². The van der Waals surface area contributed by atoms with Gasteiger partial charge >= 0.3 is 6.36 Å². The Kier molecular flexibility index (Phi) is 2.66. The highest BCUT2D eigenvalue weighted by Gasteiger charge is 2.31. The number of benzene rings is 1. The molecule has 13 heavy (non-hydrogen) atoms. The Bertz CT molecular complexity index is 290. The SMILES string of the molecule is Fc1cc(Cl)cc(OC(F)(F)F)c1. The first-order chi connectivity index (χ1) is 5.87. The van der Waals surface area contributed by atoms with Gasteiger partial charge in [-0.3, -0.25) is 0 Å². The third kappa shape index (κ3) is 3.50. The van der Waals surface area contributed by atoms with Crippen LogP contribution >= 0.6 is 11.6 Å². The van der Waals surface area contributed by atoms with Gasteiger partial charge in [-0.1, -0.05) is 11.6 Å². The minimum absolute atomic E-state index is 0.153. The smallest absolute Gasteiger partial charge is 0.406 e. The molecule has 0 atom stereocenters. The molecule has 0 spiro atoms. The molecule has 0 aromatic heterocycles. The quantitative estimate of drug-likeness (QED) is 0.651. The number of ether oxygens (including phenoxy) is 1. The first-order valence-corrected chi connectivity index (χ1v) is 3.46. The topological polar surface area (TPSA) is 9.23 Å². The highest BCUT2D eigenvalue weighted by molar-refractivity contribution is 6.30. The molecule has 1 aromatic carbocycles. The molecule has 0 saturated heterocycles. The van der Waals surface area contributed by atoms with Crippen molar-refractivity contribution in [3.8, 4) is 5.75 Å². The van der Waals surface area contributed by atoms with E-state index < -0.39 is 17.9 Å². The van der Waals surface area contributed by atoms with Crippen molar-refractivity contribution in [3.63, 3.8) is 0 Å².